The molecule has 458 valence electrons. The molecule has 3 aliphatic heterocycles. The number of carbonyl (C=O) groups is 8. The molecule has 0 aromatic heterocycles. The molecule has 0 bridgehead atoms. The molecule has 1 aromatic carbocycles. The van der Waals surface area contributed by atoms with Gasteiger partial charge in [0.15, 0.2) is 17.7 Å². The quantitative estimate of drug-likeness (QED) is 0.0390. The first-order chi connectivity index (χ1) is 37.8. The summed E-state index contributed by atoms with van der Waals surface area (Å²) in [5, 5.41) is 111. The number of unbranched alkanes of at least 4 members (excludes halogenated alkanes) is 5. The van der Waals surface area contributed by atoms with E-state index in [0.29, 0.717) is 40.5 Å². The number of nitrogens with one attached hydrogen (secondary N) is 5. The highest BCUT2D eigenvalue weighted by molar-refractivity contribution is 7.81. The molecule has 0 radical (unpaired) electrons. The van der Waals surface area contributed by atoms with Crippen molar-refractivity contribution in [3.8, 4) is 11.5 Å². The van der Waals surface area contributed by atoms with Gasteiger partial charge < -0.3 is 92.3 Å². The van der Waals surface area contributed by atoms with Crippen LogP contribution in [0.25, 0.3) is 0 Å². The van der Waals surface area contributed by atoms with E-state index in [1.54, 1.807) is 0 Å². The first-order valence-corrected chi connectivity index (χ1v) is 28.6. The standard InChI is InChI=1S/C51H82N8O21S/c1-6-24(2)17-25(3)13-11-9-7-8-10-12-14-37(66)53-30-20-34(64)47(72)57-49(74)41-42(67)26(4)22-59(41)51(76)39(33(63)21-36(52)65)55-48(73)40(44(69)43(68)28-15-16-32(62)35(18-28)80-81(77,78)79)56-46(71)31-19-29(61)23-58(31)50(75)38(27(5)60)54-45(30)70/h15-16,18,24-27,29-31,33-34,38-44,47,60-64,67-69,72H,6-14,17,19-23H2,1-5H3,(H2,52,65)(H,53,66)(H,54,70)(H,55,73)(H,56,71)(H,57,74)(H,77,78,79)/t24?,25?,26-,27+,29+,30-,31-,33+,34+,38-,39-,40-,41-,42-,43-,44-,47+/m0/s1. The monoisotopic (exact) mass is 1170 g/mol. The van der Waals surface area contributed by atoms with Crippen LogP contribution < -0.4 is 36.5 Å². The van der Waals surface area contributed by atoms with Crippen molar-refractivity contribution in [2.45, 2.75) is 203 Å². The van der Waals surface area contributed by atoms with E-state index in [1.165, 1.54) is 6.92 Å². The Labute approximate surface area is 469 Å². The molecule has 3 saturated heterocycles. The Bertz CT molecular complexity index is 2470. The molecular weight excluding hydrogens is 1090 g/mol. The van der Waals surface area contributed by atoms with Gasteiger partial charge >= 0.3 is 10.4 Å². The van der Waals surface area contributed by atoms with Crippen molar-refractivity contribution in [2.24, 2.45) is 23.5 Å². The maximum atomic E-state index is 14.6. The molecule has 3 fully saturated rings. The molecule has 81 heavy (non-hydrogen) atoms. The first kappa shape index (κ1) is 67.7. The smallest absolute Gasteiger partial charge is 0.446 e. The summed E-state index contributed by atoms with van der Waals surface area (Å²) >= 11 is 0. The number of aliphatic hydroxyl groups excluding tert-OH is 8. The highest BCUT2D eigenvalue weighted by Crippen LogP contribution is 2.33. The van der Waals surface area contributed by atoms with E-state index >= 15 is 0 Å². The Morgan fingerprint density at radius 1 is 0.778 bits per heavy atom. The molecule has 0 saturated carbocycles. The Morgan fingerprint density at radius 2 is 1.38 bits per heavy atom. The van der Waals surface area contributed by atoms with Crippen LogP contribution in [0.2, 0.25) is 0 Å². The van der Waals surface area contributed by atoms with E-state index in [4.69, 9.17) is 5.73 Å². The van der Waals surface area contributed by atoms with Gasteiger partial charge in [0.1, 0.15) is 54.6 Å². The lowest BCUT2D eigenvalue weighted by Gasteiger charge is -2.34. The van der Waals surface area contributed by atoms with E-state index in [0.717, 1.165) is 64.0 Å². The van der Waals surface area contributed by atoms with Crippen LogP contribution in [-0.2, 0) is 48.8 Å². The molecule has 3 heterocycles. The van der Waals surface area contributed by atoms with Crippen molar-refractivity contribution in [3.63, 3.8) is 0 Å². The Morgan fingerprint density at radius 3 is 2.00 bits per heavy atom. The minimum atomic E-state index is -5.33. The van der Waals surface area contributed by atoms with Crippen LogP contribution in [0.3, 0.4) is 0 Å². The number of rotatable bonds is 22. The number of amides is 8. The maximum Gasteiger partial charge on any atom is 0.446 e. The molecule has 3 aliphatic rings. The first-order valence-electron chi connectivity index (χ1n) is 27.2. The molecule has 17 atom stereocenters. The van der Waals surface area contributed by atoms with Crippen molar-refractivity contribution in [1.82, 2.24) is 36.4 Å². The number of primary amides is 1. The predicted molar refractivity (Wildman–Crippen MR) is 282 cm³/mol. The topological polar surface area (TPSA) is 475 Å². The molecular formula is C51H82N8O21S. The van der Waals surface area contributed by atoms with E-state index < -0.39 is 198 Å². The number of benzene rings is 1. The normalized spacial score (nSPS) is 28.8. The van der Waals surface area contributed by atoms with E-state index in [2.05, 4.69) is 40.9 Å². The van der Waals surface area contributed by atoms with Crippen molar-refractivity contribution >= 4 is 57.7 Å². The molecule has 0 spiro atoms. The lowest BCUT2D eigenvalue weighted by atomic mass is 9.91. The molecule has 8 amide bonds. The minimum Gasteiger partial charge on any atom is -0.504 e. The zero-order valence-electron chi connectivity index (χ0n) is 46.0. The molecule has 1 aromatic rings. The van der Waals surface area contributed by atoms with Gasteiger partial charge in [0.05, 0.1) is 30.8 Å². The summed E-state index contributed by atoms with van der Waals surface area (Å²) in [6.07, 6.45) is -11.6. The number of aliphatic hydroxyl groups is 8. The summed E-state index contributed by atoms with van der Waals surface area (Å²) in [5.41, 5.74) is 4.75. The van der Waals surface area contributed by atoms with E-state index in [1.807, 2.05) is 10.6 Å². The summed E-state index contributed by atoms with van der Waals surface area (Å²) in [5.74, 6) is -12.0. The van der Waals surface area contributed by atoms with Gasteiger partial charge in [0.25, 0.3) is 0 Å². The van der Waals surface area contributed by atoms with Crippen molar-refractivity contribution < 1.29 is 101 Å². The third kappa shape index (κ3) is 19.4. The van der Waals surface area contributed by atoms with Gasteiger partial charge in [-0.05, 0) is 49.3 Å². The average molecular weight is 1180 g/mol. The third-order valence-electron chi connectivity index (χ3n) is 15.0. The van der Waals surface area contributed by atoms with Gasteiger partial charge in [0, 0.05) is 38.3 Å². The van der Waals surface area contributed by atoms with Gasteiger partial charge in [-0.2, -0.15) is 8.42 Å². The van der Waals surface area contributed by atoms with E-state index in [-0.39, 0.29) is 6.42 Å². The highest BCUT2D eigenvalue weighted by Gasteiger charge is 2.51. The van der Waals surface area contributed by atoms with Crippen molar-refractivity contribution in [1.29, 1.82) is 0 Å². The SMILES string of the molecule is CCC(C)CC(C)CCCCCCCCC(=O)N[C@H]1C[C@@H](O)[C@@H](O)NC(=O)[C@@H]2[C@@H](O)[C@@H](C)CN2C(=O)[C@H]([C@H](O)CC(N)=O)NC(=O)[C@H]([C@H](O)[C@@H](O)c2ccc(O)c(OS(=O)(=O)O)c2)NC(=O)[C@@H]2C[C@@H](O)CN2C(=O)[C@H]([C@@H](C)O)NC1=O. The van der Waals surface area contributed by atoms with Crippen LogP contribution in [0.4, 0.5) is 0 Å². The minimum absolute atomic E-state index is 0.119. The maximum absolute atomic E-state index is 14.6. The van der Waals surface area contributed by atoms with Gasteiger partial charge in [-0.3, -0.25) is 42.9 Å². The number of hydrogen-bond acceptors (Lipinski definition) is 20. The van der Waals surface area contributed by atoms with E-state index in [9.17, 15) is 97.3 Å². The zero-order valence-corrected chi connectivity index (χ0v) is 46.8. The second-order valence-electron chi connectivity index (χ2n) is 21.8. The number of phenolic OH excluding ortho intramolecular Hbond substituents is 1. The molecule has 30 heteroatoms. The number of nitrogens with zero attached hydrogens (tertiary/aromatic N) is 2. The van der Waals surface area contributed by atoms with Gasteiger partial charge in [-0.25, -0.2) is 0 Å². The second-order valence-corrected chi connectivity index (χ2v) is 22.8. The second kappa shape index (κ2) is 30.5. The lowest BCUT2D eigenvalue weighted by Crippen LogP contribution is -2.64. The van der Waals surface area contributed by atoms with Crippen LogP contribution in [0.15, 0.2) is 18.2 Å². The van der Waals surface area contributed by atoms with Gasteiger partial charge in [-0.1, -0.05) is 78.7 Å². The van der Waals surface area contributed by atoms with Crippen LogP contribution in [0.1, 0.15) is 130 Å². The molecule has 0 aliphatic carbocycles. The Hall–Kier alpha value is -5.83. The number of fused-ring (bicyclic) bond motifs is 2. The van der Waals surface area contributed by atoms with Crippen LogP contribution in [0, 0.1) is 17.8 Å². The summed E-state index contributed by atoms with van der Waals surface area (Å²) in [6, 6.07) is -10.5. The number of hydrogen-bond donors (Lipinski definition) is 16. The number of aromatic hydroxyl groups is 1. The molecule has 2 unspecified atom stereocenters. The summed E-state index contributed by atoms with van der Waals surface area (Å²) < 4.78 is 36.6. The average Bonchev–Trinajstić information content (AvgIpc) is 4.12. The van der Waals surface area contributed by atoms with Gasteiger partial charge in [0.2, 0.25) is 47.3 Å². The highest BCUT2D eigenvalue weighted by atomic mass is 32.3. The Balaban J connectivity index is 1.75. The zero-order chi connectivity index (χ0) is 60.8. The van der Waals surface area contributed by atoms with Crippen molar-refractivity contribution in [2.75, 3.05) is 13.1 Å². The van der Waals surface area contributed by atoms with Crippen LogP contribution >= 0.6 is 0 Å². The fourth-order valence-electron chi connectivity index (χ4n) is 10.2. The largest absolute Gasteiger partial charge is 0.504 e. The van der Waals surface area contributed by atoms with Crippen molar-refractivity contribution in [3.05, 3.63) is 23.8 Å². The lowest BCUT2D eigenvalue weighted by molar-refractivity contribution is -0.149. The predicted octanol–water partition coefficient (Wildman–Crippen LogP) is -3.91. The summed E-state index contributed by atoms with van der Waals surface area (Å²) in [6.45, 7) is 7.86. The van der Waals surface area contributed by atoms with Crippen LogP contribution in [-0.4, -0.2) is 208 Å². The van der Waals surface area contributed by atoms with Gasteiger partial charge in [-0.15, -0.1) is 0 Å². The number of nitrogens with two attached hydrogens (primary N) is 1. The molecule has 29 nitrogen and oxygen atoms in total. The molecule has 4 rings (SSSR count). The summed E-state index contributed by atoms with van der Waals surface area (Å²) in [7, 11) is -5.33. The fraction of sp³-hybridized carbons (Fsp3) is 0.725. The Kier molecular flexibility index (Phi) is 25.5. The fourth-order valence-corrected chi connectivity index (χ4v) is 10.6. The molecule has 17 N–H and O–H groups in total. The number of phenols is 1. The third-order valence-corrected chi connectivity index (χ3v) is 15.3. The van der Waals surface area contributed by atoms with Crippen LogP contribution in [0.5, 0.6) is 11.5 Å². The number of carbonyl (C=O) groups excluding carboxylic acids is 8. The summed E-state index contributed by atoms with van der Waals surface area (Å²) in [4.78, 5) is 113.